The Labute approximate surface area is 348 Å². The molecule has 3 aromatic heterocycles. The van der Waals surface area contributed by atoms with Gasteiger partial charge in [-0.25, -0.2) is 4.98 Å². The molecule has 4 nitrogen and oxygen atoms in total. The average molecular weight is 792 g/mol. The smallest absolute Gasteiger partial charge is 0.227 e. The number of rotatable bonds is 7. The van der Waals surface area contributed by atoms with E-state index >= 15 is 0 Å². The molecule has 278 valence electrons. The van der Waals surface area contributed by atoms with Gasteiger partial charge in [-0.3, -0.25) is 0 Å². The van der Waals surface area contributed by atoms with Crippen LogP contribution >= 0.6 is 22.7 Å². The Morgan fingerprint density at radius 1 is 0.390 bits per heavy atom. The molecule has 0 bridgehead atoms. The Morgan fingerprint density at radius 2 is 0.915 bits per heavy atom. The van der Waals surface area contributed by atoms with Crippen molar-refractivity contribution in [2.45, 2.75) is 0 Å². The standard InChI is InChI=1S/C53H33N3OS2/c1-4-16-34(17-5-1)53-54-49-46(56(37-20-8-3-9-21-37)45-27-15-25-43-41-23-11-13-29-48(41)59-52(43)45)33-35-32-38(30-31-39(35)50(49)57-53)55(36-18-6-2-7-19-36)44-26-14-24-42-40-22-10-12-28-47(40)58-51(42)44/h1-33H. The number of oxazole rings is 1. The zero-order valence-corrected chi connectivity index (χ0v) is 33.3. The fraction of sp³-hybridized carbons (Fsp3) is 0. The molecular formula is C53H33N3OS2. The van der Waals surface area contributed by atoms with E-state index in [0.29, 0.717) is 5.89 Å². The van der Waals surface area contributed by atoms with E-state index in [4.69, 9.17) is 9.40 Å². The Hall–Kier alpha value is -7.25. The summed E-state index contributed by atoms with van der Waals surface area (Å²) in [7, 11) is 0. The average Bonchev–Trinajstić information content (AvgIpc) is 4.03. The monoisotopic (exact) mass is 791 g/mol. The van der Waals surface area contributed by atoms with Crippen LogP contribution in [0.2, 0.25) is 0 Å². The molecule has 0 N–H and O–H groups in total. The van der Waals surface area contributed by atoms with Crippen molar-refractivity contribution in [1.82, 2.24) is 4.98 Å². The molecule has 0 unspecified atom stereocenters. The molecule has 0 atom stereocenters. The molecule has 12 aromatic rings. The summed E-state index contributed by atoms with van der Waals surface area (Å²) in [5.41, 5.74) is 8.87. The van der Waals surface area contributed by atoms with Crippen molar-refractivity contribution >= 4 is 119 Å². The van der Waals surface area contributed by atoms with E-state index in [1.165, 1.54) is 40.3 Å². The van der Waals surface area contributed by atoms with E-state index in [0.717, 1.165) is 61.6 Å². The number of hydrogen-bond acceptors (Lipinski definition) is 6. The maximum Gasteiger partial charge on any atom is 0.227 e. The molecule has 0 fully saturated rings. The van der Waals surface area contributed by atoms with Crippen molar-refractivity contribution in [2.24, 2.45) is 0 Å². The van der Waals surface area contributed by atoms with Crippen LogP contribution < -0.4 is 9.80 Å². The van der Waals surface area contributed by atoms with Gasteiger partial charge in [-0.15, -0.1) is 22.7 Å². The highest BCUT2D eigenvalue weighted by atomic mass is 32.1. The quantitative estimate of drug-likeness (QED) is 0.161. The summed E-state index contributed by atoms with van der Waals surface area (Å²) in [6.45, 7) is 0. The molecule has 0 aliphatic rings. The largest absolute Gasteiger partial charge is 0.435 e. The van der Waals surface area contributed by atoms with Gasteiger partial charge in [-0.1, -0.05) is 115 Å². The number of aromatic nitrogens is 1. The molecule has 0 amide bonds. The third kappa shape index (κ3) is 5.52. The minimum absolute atomic E-state index is 0.592. The summed E-state index contributed by atoms with van der Waals surface area (Å²) in [4.78, 5) is 10.1. The first-order valence-electron chi connectivity index (χ1n) is 19.7. The fourth-order valence-corrected chi connectivity index (χ4v) is 11.0. The maximum absolute atomic E-state index is 6.88. The van der Waals surface area contributed by atoms with Gasteiger partial charge in [-0.05, 0) is 90.3 Å². The third-order valence-corrected chi connectivity index (χ3v) is 13.7. The first kappa shape index (κ1) is 33.8. The minimum Gasteiger partial charge on any atom is -0.435 e. The lowest BCUT2D eigenvalue weighted by molar-refractivity contribution is 0.623. The Balaban J connectivity index is 1.15. The molecule has 0 saturated carbocycles. The molecule has 6 heteroatoms. The summed E-state index contributed by atoms with van der Waals surface area (Å²) in [6, 6.07) is 71.3. The van der Waals surface area contributed by atoms with Crippen LogP contribution in [0.5, 0.6) is 0 Å². The lowest BCUT2D eigenvalue weighted by Crippen LogP contribution is -2.11. The number of thiophene rings is 2. The maximum atomic E-state index is 6.88. The van der Waals surface area contributed by atoms with Crippen molar-refractivity contribution in [3.05, 3.63) is 200 Å². The van der Waals surface area contributed by atoms with E-state index in [1.54, 1.807) is 0 Å². The number of hydrogen-bond donors (Lipinski definition) is 0. The number of para-hydroxylation sites is 2. The van der Waals surface area contributed by atoms with Crippen LogP contribution in [0.15, 0.2) is 205 Å². The highest BCUT2D eigenvalue weighted by molar-refractivity contribution is 7.26. The van der Waals surface area contributed by atoms with E-state index in [9.17, 15) is 0 Å². The third-order valence-electron chi connectivity index (χ3n) is 11.2. The van der Waals surface area contributed by atoms with Crippen molar-refractivity contribution in [3.8, 4) is 11.5 Å². The topological polar surface area (TPSA) is 32.5 Å². The van der Waals surface area contributed by atoms with E-state index in [2.05, 4.69) is 192 Å². The number of fused-ring (bicyclic) bond motifs is 9. The van der Waals surface area contributed by atoms with E-state index < -0.39 is 0 Å². The van der Waals surface area contributed by atoms with Gasteiger partial charge < -0.3 is 14.2 Å². The van der Waals surface area contributed by atoms with Crippen molar-refractivity contribution in [3.63, 3.8) is 0 Å². The van der Waals surface area contributed by atoms with Crippen LogP contribution in [-0.2, 0) is 0 Å². The molecule has 59 heavy (non-hydrogen) atoms. The molecule has 0 spiro atoms. The lowest BCUT2D eigenvalue weighted by atomic mass is 10.0. The van der Waals surface area contributed by atoms with Crippen LogP contribution in [0.25, 0.3) is 73.7 Å². The second-order valence-electron chi connectivity index (χ2n) is 14.7. The fourth-order valence-electron chi connectivity index (χ4n) is 8.59. The summed E-state index contributed by atoms with van der Waals surface area (Å²) in [6.07, 6.45) is 0. The summed E-state index contributed by atoms with van der Waals surface area (Å²) in [5.74, 6) is 0.592. The molecule has 0 aliphatic carbocycles. The Kier molecular flexibility index (Phi) is 7.86. The van der Waals surface area contributed by atoms with E-state index in [1.807, 2.05) is 40.9 Å². The Morgan fingerprint density at radius 3 is 1.54 bits per heavy atom. The predicted molar refractivity (Wildman–Crippen MR) is 252 cm³/mol. The molecule has 9 aromatic carbocycles. The van der Waals surface area contributed by atoms with Gasteiger partial charge in [-0.2, -0.15) is 0 Å². The normalized spacial score (nSPS) is 11.7. The molecule has 0 aliphatic heterocycles. The van der Waals surface area contributed by atoms with Gasteiger partial charge in [0.1, 0.15) is 5.52 Å². The summed E-state index contributed by atoms with van der Waals surface area (Å²) in [5, 5.41) is 7.10. The van der Waals surface area contributed by atoms with Gasteiger partial charge in [0, 0.05) is 59.0 Å². The van der Waals surface area contributed by atoms with Crippen molar-refractivity contribution < 1.29 is 4.42 Å². The van der Waals surface area contributed by atoms with Gasteiger partial charge in [0.15, 0.2) is 5.58 Å². The van der Waals surface area contributed by atoms with Crippen LogP contribution in [-0.4, -0.2) is 4.98 Å². The zero-order chi connectivity index (χ0) is 38.9. The lowest BCUT2D eigenvalue weighted by Gasteiger charge is -2.28. The Bertz CT molecular complexity index is 3520. The van der Waals surface area contributed by atoms with E-state index in [-0.39, 0.29) is 0 Å². The van der Waals surface area contributed by atoms with Crippen molar-refractivity contribution in [2.75, 3.05) is 9.80 Å². The molecule has 0 radical (unpaired) electrons. The van der Waals surface area contributed by atoms with Crippen molar-refractivity contribution in [1.29, 1.82) is 0 Å². The number of benzene rings is 9. The summed E-state index contributed by atoms with van der Waals surface area (Å²) >= 11 is 3.67. The van der Waals surface area contributed by atoms with Crippen LogP contribution in [0.4, 0.5) is 34.1 Å². The van der Waals surface area contributed by atoms with Crippen LogP contribution in [0.3, 0.4) is 0 Å². The van der Waals surface area contributed by atoms with Gasteiger partial charge in [0.25, 0.3) is 0 Å². The molecule has 3 heterocycles. The first-order valence-corrected chi connectivity index (χ1v) is 21.3. The van der Waals surface area contributed by atoms with Gasteiger partial charge in [0.05, 0.1) is 26.5 Å². The minimum atomic E-state index is 0.592. The van der Waals surface area contributed by atoms with Gasteiger partial charge >= 0.3 is 0 Å². The zero-order valence-electron chi connectivity index (χ0n) is 31.6. The highest BCUT2D eigenvalue weighted by Crippen LogP contribution is 2.50. The predicted octanol–water partition coefficient (Wildman–Crippen LogP) is 16.3. The number of nitrogens with zero attached hydrogens (tertiary/aromatic N) is 3. The van der Waals surface area contributed by atoms with Crippen LogP contribution in [0.1, 0.15) is 0 Å². The first-order chi connectivity index (χ1) is 29.3. The molecule has 0 saturated heterocycles. The van der Waals surface area contributed by atoms with Crippen LogP contribution in [0, 0.1) is 0 Å². The van der Waals surface area contributed by atoms with Gasteiger partial charge in [0.2, 0.25) is 5.89 Å². The second kappa shape index (κ2) is 13.7. The number of anilines is 6. The second-order valence-corrected chi connectivity index (χ2v) is 16.8. The molecule has 12 rings (SSSR count). The highest BCUT2D eigenvalue weighted by Gasteiger charge is 2.25. The SMILES string of the molecule is c1ccc(-c2nc3c(N(c4ccccc4)c4cccc5c4sc4ccccc45)cc4cc(N(c5ccccc5)c5cccc6c5sc5ccccc56)ccc4c3o2)cc1. The summed E-state index contributed by atoms with van der Waals surface area (Å²) < 4.78 is 11.9. The molecular weight excluding hydrogens is 759 g/mol.